The van der Waals surface area contributed by atoms with E-state index in [0.717, 1.165) is 43.5 Å². The van der Waals surface area contributed by atoms with Crippen LogP contribution in [0.5, 0.6) is 0 Å². The molecule has 1 saturated carbocycles. The largest absolute Gasteiger partial charge is 0.385 e. The molecule has 2 fully saturated rings. The summed E-state index contributed by atoms with van der Waals surface area (Å²) in [6.07, 6.45) is 6.44. The third kappa shape index (κ3) is 3.82. The van der Waals surface area contributed by atoms with Crippen LogP contribution in [-0.2, 0) is 16.9 Å². The summed E-state index contributed by atoms with van der Waals surface area (Å²) in [6, 6.07) is 14.0. The van der Waals surface area contributed by atoms with Gasteiger partial charge >= 0.3 is 0 Å². The van der Waals surface area contributed by atoms with Crippen molar-refractivity contribution in [1.82, 2.24) is 14.8 Å². The number of hydrogen-bond acceptors (Lipinski definition) is 4. The van der Waals surface area contributed by atoms with Crippen molar-refractivity contribution in [1.29, 1.82) is 0 Å². The fourth-order valence-electron chi connectivity index (χ4n) is 5.00. The molecule has 1 aliphatic heterocycles. The summed E-state index contributed by atoms with van der Waals surface area (Å²) >= 11 is 0. The van der Waals surface area contributed by atoms with Gasteiger partial charge in [0.15, 0.2) is 0 Å². The number of rotatable bonds is 5. The normalized spacial score (nSPS) is 27.0. The standard InChI is InChI=1S/C23H29N3O2/c1-25(14-18-9-12-24-13-10-18)17-22(27)26-15-19-6-5-11-23(28,21(19)16-26)20-7-3-2-4-8-20/h2-4,7-10,12-13,19,21,28H,5-6,11,14-17H2,1H3/t19-,21+,23+/m0/s1. The molecule has 1 aliphatic carbocycles. The van der Waals surface area contributed by atoms with Gasteiger partial charge in [-0.1, -0.05) is 30.3 Å². The van der Waals surface area contributed by atoms with Crippen LogP contribution in [-0.4, -0.2) is 52.5 Å². The highest BCUT2D eigenvalue weighted by Crippen LogP contribution is 2.48. The molecular weight excluding hydrogens is 350 g/mol. The van der Waals surface area contributed by atoms with Crippen molar-refractivity contribution in [3.05, 3.63) is 66.0 Å². The Morgan fingerprint density at radius 2 is 1.96 bits per heavy atom. The van der Waals surface area contributed by atoms with Crippen molar-refractivity contribution >= 4 is 5.91 Å². The van der Waals surface area contributed by atoms with E-state index in [1.807, 2.05) is 59.3 Å². The lowest BCUT2D eigenvalue weighted by Crippen LogP contribution is -2.43. The van der Waals surface area contributed by atoms with Crippen LogP contribution in [0.1, 0.15) is 30.4 Å². The second-order valence-electron chi connectivity index (χ2n) is 8.38. The first-order valence-corrected chi connectivity index (χ1v) is 10.2. The number of fused-ring (bicyclic) bond motifs is 1. The highest BCUT2D eigenvalue weighted by Gasteiger charge is 2.50. The third-order valence-electron chi connectivity index (χ3n) is 6.42. The number of pyridine rings is 1. The molecule has 1 aromatic heterocycles. The second-order valence-corrected chi connectivity index (χ2v) is 8.38. The first-order valence-electron chi connectivity index (χ1n) is 10.2. The van der Waals surface area contributed by atoms with Crippen LogP contribution in [0.4, 0.5) is 0 Å². The molecule has 0 radical (unpaired) electrons. The van der Waals surface area contributed by atoms with E-state index in [2.05, 4.69) is 4.98 Å². The zero-order valence-electron chi connectivity index (χ0n) is 16.5. The molecule has 1 saturated heterocycles. The zero-order valence-corrected chi connectivity index (χ0v) is 16.5. The zero-order chi connectivity index (χ0) is 19.6. The second kappa shape index (κ2) is 8.02. The summed E-state index contributed by atoms with van der Waals surface area (Å²) in [5.41, 5.74) is 1.33. The van der Waals surface area contributed by atoms with E-state index in [0.29, 0.717) is 19.0 Å². The predicted molar refractivity (Wildman–Crippen MR) is 108 cm³/mol. The lowest BCUT2D eigenvalue weighted by molar-refractivity contribution is -0.131. The van der Waals surface area contributed by atoms with Gasteiger partial charge in [-0.15, -0.1) is 0 Å². The quantitative estimate of drug-likeness (QED) is 0.868. The van der Waals surface area contributed by atoms with Gasteiger partial charge in [0.2, 0.25) is 5.91 Å². The van der Waals surface area contributed by atoms with Crippen LogP contribution in [0.3, 0.4) is 0 Å². The Hall–Kier alpha value is -2.24. The minimum Gasteiger partial charge on any atom is -0.385 e. The first kappa shape index (κ1) is 19.1. The van der Waals surface area contributed by atoms with Crippen molar-refractivity contribution in [2.75, 3.05) is 26.7 Å². The van der Waals surface area contributed by atoms with E-state index in [-0.39, 0.29) is 11.8 Å². The SMILES string of the molecule is CN(CC(=O)N1C[C@@H]2CCC[C@@](O)(c3ccccc3)[C@@H]2C1)Cc1ccncc1. The van der Waals surface area contributed by atoms with E-state index in [1.165, 1.54) is 0 Å². The average molecular weight is 380 g/mol. The Morgan fingerprint density at radius 3 is 2.71 bits per heavy atom. The lowest BCUT2D eigenvalue weighted by atomic mass is 9.67. The van der Waals surface area contributed by atoms with Crippen LogP contribution in [0.25, 0.3) is 0 Å². The lowest BCUT2D eigenvalue weighted by Gasteiger charge is -2.41. The average Bonchev–Trinajstić information content (AvgIpc) is 3.16. The first-order chi connectivity index (χ1) is 13.6. The maximum Gasteiger partial charge on any atom is 0.236 e. The van der Waals surface area contributed by atoms with E-state index in [1.54, 1.807) is 12.4 Å². The van der Waals surface area contributed by atoms with Gasteiger partial charge in [0.25, 0.3) is 0 Å². The Labute approximate surface area is 167 Å². The minimum atomic E-state index is -0.817. The van der Waals surface area contributed by atoms with Gasteiger partial charge in [-0.05, 0) is 55.5 Å². The highest BCUT2D eigenvalue weighted by atomic mass is 16.3. The maximum atomic E-state index is 12.9. The number of nitrogens with zero attached hydrogens (tertiary/aromatic N) is 3. The molecule has 2 aromatic rings. The predicted octanol–water partition coefficient (Wildman–Crippen LogP) is 2.66. The molecular formula is C23H29N3O2. The van der Waals surface area contributed by atoms with E-state index >= 15 is 0 Å². The molecule has 0 spiro atoms. The van der Waals surface area contributed by atoms with Crippen LogP contribution in [0.2, 0.25) is 0 Å². The van der Waals surface area contributed by atoms with Crippen LogP contribution >= 0.6 is 0 Å². The topological polar surface area (TPSA) is 56.7 Å². The number of carbonyl (C=O) groups is 1. The van der Waals surface area contributed by atoms with Crippen molar-refractivity contribution in [2.24, 2.45) is 11.8 Å². The molecule has 28 heavy (non-hydrogen) atoms. The van der Waals surface area contributed by atoms with Gasteiger partial charge in [-0.25, -0.2) is 0 Å². The molecule has 2 aliphatic rings. The van der Waals surface area contributed by atoms with Crippen LogP contribution in [0, 0.1) is 11.8 Å². The summed E-state index contributed by atoms with van der Waals surface area (Å²) in [5, 5.41) is 11.5. The van der Waals surface area contributed by atoms with Gasteiger partial charge in [-0.3, -0.25) is 14.7 Å². The number of aliphatic hydroxyl groups is 1. The van der Waals surface area contributed by atoms with Crippen LogP contribution in [0.15, 0.2) is 54.9 Å². The summed E-state index contributed by atoms with van der Waals surface area (Å²) in [7, 11) is 1.97. The number of benzene rings is 1. The fraction of sp³-hybridized carbons (Fsp3) is 0.478. The monoisotopic (exact) mass is 379 g/mol. The van der Waals surface area contributed by atoms with E-state index in [9.17, 15) is 9.90 Å². The number of likely N-dealkylation sites (N-methyl/N-ethyl adjacent to an activating group) is 1. The number of likely N-dealkylation sites (tertiary alicyclic amines) is 1. The molecule has 5 heteroatoms. The Bertz CT molecular complexity index is 798. The Kier molecular flexibility index (Phi) is 5.47. The van der Waals surface area contributed by atoms with Crippen molar-refractivity contribution in [3.8, 4) is 0 Å². The highest BCUT2D eigenvalue weighted by molar-refractivity contribution is 5.78. The van der Waals surface area contributed by atoms with Crippen molar-refractivity contribution in [3.63, 3.8) is 0 Å². The summed E-state index contributed by atoms with van der Waals surface area (Å²) in [6.45, 7) is 2.54. The molecule has 1 amide bonds. The molecule has 1 N–H and O–H groups in total. The number of hydrogen-bond donors (Lipinski definition) is 1. The summed E-state index contributed by atoms with van der Waals surface area (Å²) < 4.78 is 0. The molecule has 0 unspecified atom stereocenters. The van der Waals surface area contributed by atoms with Crippen molar-refractivity contribution < 1.29 is 9.90 Å². The van der Waals surface area contributed by atoms with Gasteiger partial charge in [-0.2, -0.15) is 0 Å². The minimum absolute atomic E-state index is 0.123. The Morgan fingerprint density at radius 1 is 1.21 bits per heavy atom. The summed E-state index contributed by atoms with van der Waals surface area (Å²) in [4.78, 5) is 21.0. The number of carbonyl (C=O) groups excluding carboxylic acids is 1. The Balaban J connectivity index is 1.41. The summed E-state index contributed by atoms with van der Waals surface area (Å²) in [5.74, 6) is 0.660. The maximum absolute atomic E-state index is 12.9. The molecule has 3 atom stereocenters. The van der Waals surface area contributed by atoms with Gasteiger partial charge < -0.3 is 10.0 Å². The molecule has 148 valence electrons. The van der Waals surface area contributed by atoms with Crippen molar-refractivity contribution in [2.45, 2.75) is 31.4 Å². The molecule has 1 aromatic carbocycles. The molecule has 0 bridgehead atoms. The molecule has 2 heterocycles. The number of aromatic nitrogens is 1. The van der Waals surface area contributed by atoms with E-state index in [4.69, 9.17) is 0 Å². The molecule has 4 rings (SSSR count). The third-order valence-corrected chi connectivity index (χ3v) is 6.42. The van der Waals surface area contributed by atoms with Gasteiger partial charge in [0, 0.05) is 37.9 Å². The fourth-order valence-corrected chi connectivity index (χ4v) is 5.00. The smallest absolute Gasteiger partial charge is 0.236 e. The van der Waals surface area contributed by atoms with Crippen LogP contribution < -0.4 is 0 Å². The van der Waals surface area contributed by atoms with E-state index < -0.39 is 5.60 Å². The molecule has 5 nitrogen and oxygen atoms in total. The number of amides is 1. The van der Waals surface area contributed by atoms with Gasteiger partial charge in [0.1, 0.15) is 0 Å². The van der Waals surface area contributed by atoms with Gasteiger partial charge in [0.05, 0.1) is 12.1 Å².